The SMILES string of the molecule is CC(C)(C)C(C)(P)c1ncc[nH]1. The summed E-state index contributed by atoms with van der Waals surface area (Å²) in [5.74, 6) is 1.03. The van der Waals surface area contributed by atoms with E-state index in [0.717, 1.165) is 5.82 Å². The van der Waals surface area contributed by atoms with E-state index in [9.17, 15) is 0 Å². The highest BCUT2D eigenvalue weighted by atomic mass is 31.0. The van der Waals surface area contributed by atoms with E-state index in [4.69, 9.17) is 0 Å². The third-order valence-corrected chi connectivity index (χ3v) is 3.69. The number of rotatable bonds is 1. The van der Waals surface area contributed by atoms with E-state index in [0.29, 0.717) is 0 Å². The van der Waals surface area contributed by atoms with Crippen LogP contribution >= 0.6 is 9.24 Å². The van der Waals surface area contributed by atoms with Gasteiger partial charge in [-0.2, -0.15) is 0 Å². The third-order valence-electron chi connectivity index (χ3n) is 2.55. The lowest BCUT2D eigenvalue weighted by Crippen LogP contribution is -2.31. The van der Waals surface area contributed by atoms with Gasteiger partial charge < -0.3 is 4.98 Å². The summed E-state index contributed by atoms with van der Waals surface area (Å²) in [6, 6.07) is 0. The molecule has 0 aliphatic rings. The summed E-state index contributed by atoms with van der Waals surface area (Å²) < 4.78 is 0. The van der Waals surface area contributed by atoms with E-state index < -0.39 is 0 Å². The van der Waals surface area contributed by atoms with Crippen molar-refractivity contribution in [3.8, 4) is 0 Å². The number of hydrogen-bond acceptors (Lipinski definition) is 1. The van der Waals surface area contributed by atoms with Gasteiger partial charge in [0.2, 0.25) is 0 Å². The van der Waals surface area contributed by atoms with Gasteiger partial charge in [-0.25, -0.2) is 4.98 Å². The lowest BCUT2D eigenvalue weighted by molar-refractivity contribution is 0.293. The smallest absolute Gasteiger partial charge is 0.116 e. The van der Waals surface area contributed by atoms with E-state index in [2.05, 4.69) is 46.9 Å². The summed E-state index contributed by atoms with van der Waals surface area (Å²) in [6.45, 7) is 8.81. The van der Waals surface area contributed by atoms with Gasteiger partial charge in [0.05, 0.1) is 0 Å². The molecule has 0 aliphatic heterocycles. The Morgan fingerprint density at radius 1 is 1.33 bits per heavy atom. The lowest BCUT2D eigenvalue weighted by Gasteiger charge is -2.36. The minimum atomic E-state index is 0.0104. The zero-order valence-electron chi connectivity index (χ0n) is 8.18. The first-order valence-corrected chi connectivity index (χ1v) is 4.72. The summed E-state index contributed by atoms with van der Waals surface area (Å²) in [7, 11) is 2.87. The molecule has 3 heteroatoms. The first-order chi connectivity index (χ1) is 5.36. The molecule has 1 rings (SSSR count). The van der Waals surface area contributed by atoms with E-state index in [1.54, 1.807) is 6.20 Å². The van der Waals surface area contributed by atoms with Crippen LogP contribution < -0.4 is 0 Å². The molecule has 1 heterocycles. The molecule has 68 valence electrons. The number of nitrogens with one attached hydrogen (secondary N) is 1. The molecule has 2 unspecified atom stereocenters. The molecule has 0 saturated heterocycles. The van der Waals surface area contributed by atoms with Crippen molar-refractivity contribution in [1.82, 2.24) is 9.97 Å². The molecule has 1 aromatic heterocycles. The highest BCUT2D eigenvalue weighted by molar-refractivity contribution is 7.18. The summed E-state index contributed by atoms with van der Waals surface area (Å²) in [6.07, 6.45) is 3.66. The number of H-pyrrole nitrogens is 1. The van der Waals surface area contributed by atoms with E-state index in [-0.39, 0.29) is 10.6 Å². The fourth-order valence-corrected chi connectivity index (χ4v) is 1.06. The largest absolute Gasteiger partial charge is 0.348 e. The Hall–Kier alpha value is -0.360. The van der Waals surface area contributed by atoms with E-state index >= 15 is 0 Å². The average Bonchev–Trinajstić information content (AvgIpc) is 2.34. The quantitative estimate of drug-likeness (QED) is 0.667. The average molecular weight is 184 g/mol. The fourth-order valence-electron chi connectivity index (χ4n) is 0.904. The van der Waals surface area contributed by atoms with Crippen molar-refractivity contribution in [2.45, 2.75) is 32.9 Å². The molecule has 0 saturated carbocycles. The summed E-state index contributed by atoms with van der Waals surface area (Å²) in [5, 5.41) is 0.0104. The molecule has 0 amide bonds. The van der Waals surface area contributed by atoms with E-state index in [1.807, 2.05) is 6.20 Å². The maximum atomic E-state index is 4.28. The number of aromatic nitrogens is 2. The Balaban J connectivity index is 3.02. The van der Waals surface area contributed by atoms with Crippen molar-refractivity contribution < 1.29 is 0 Å². The number of hydrogen-bond donors (Lipinski definition) is 1. The van der Waals surface area contributed by atoms with E-state index in [1.165, 1.54) is 0 Å². The van der Waals surface area contributed by atoms with Crippen LogP contribution in [0.4, 0.5) is 0 Å². The van der Waals surface area contributed by atoms with Gasteiger partial charge >= 0.3 is 0 Å². The topological polar surface area (TPSA) is 28.7 Å². The molecule has 1 N–H and O–H groups in total. The van der Waals surface area contributed by atoms with Crippen molar-refractivity contribution in [3.63, 3.8) is 0 Å². The van der Waals surface area contributed by atoms with Gasteiger partial charge in [0.15, 0.2) is 0 Å². The minimum absolute atomic E-state index is 0.0104. The molecule has 0 bridgehead atoms. The van der Waals surface area contributed by atoms with Gasteiger partial charge in [-0.3, -0.25) is 0 Å². The lowest BCUT2D eigenvalue weighted by atomic mass is 9.80. The summed E-state index contributed by atoms with van der Waals surface area (Å²) >= 11 is 0. The van der Waals surface area contributed by atoms with Crippen LogP contribution in [0.25, 0.3) is 0 Å². The second-order valence-corrected chi connectivity index (χ2v) is 5.54. The molecule has 0 aliphatic carbocycles. The second kappa shape index (κ2) is 2.85. The molecule has 0 spiro atoms. The normalized spacial score (nSPS) is 17.4. The fraction of sp³-hybridized carbons (Fsp3) is 0.667. The second-order valence-electron chi connectivity index (χ2n) is 4.39. The predicted octanol–water partition coefficient (Wildman–Crippen LogP) is 2.55. The van der Waals surface area contributed by atoms with Crippen LogP contribution in [0.3, 0.4) is 0 Å². The Morgan fingerprint density at radius 3 is 2.25 bits per heavy atom. The summed E-state index contributed by atoms with van der Waals surface area (Å²) in [4.78, 5) is 7.43. The van der Waals surface area contributed by atoms with Crippen LogP contribution in [0.2, 0.25) is 0 Å². The first-order valence-electron chi connectivity index (χ1n) is 4.14. The maximum absolute atomic E-state index is 4.28. The standard InChI is InChI=1S/C9H17N2P/c1-8(2,3)9(4,12)7-10-5-6-11-7/h5-6H,12H2,1-4H3,(H,10,11). The van der Waals surface area contributed by atoms with Gasteiger partial charge in [0.25, 0.3) is 0 Å². The minimum Gasteiger partial charge on any atom is -0.348 e. The molecule has 0 aromatic carbocycles. The molecule has 0 fully saturated rings. The molecular formula is C9H17N2P. The van der Waals surface area contributed by atoms with Gasteiger partial charge in [0, 0.05) is 17.5 Å². The number of imidazole rings is 1. The zero-order chi connectivity index (χ0) is 9.41. The molecule has 12 heavy (non-hydrogen) atoms. The Kier molecular flexibility index (Phi) is 2.31. The monoisotopic (exact) mass is 184 g/mol. The Labute approximate surface area is 76.4 Å². The van der Waals surface area contributed by atoms with Crippen LogP contribution in [0.15, 0.2) is 12.4 Å². The van der Waals surface area contributed by atoms with Crippen LogP contribution in [0.1, 0.15) is 33.5 Å². The molecule has 0 radical (unpaired) electrons. The predicted molar refractivity (Wildman–Crippen MR) is 55.1 cm³/mol. The maximum Gasteiger partial charge on any atom is 0.116 e. The highest BCUT2D eigenvalue weighted by Gasteiger charge is 2.36. The van der Waals surface area contributed by atoms with Gasteiger partial charge in [-0.05, 0) is 12.3 Å². The van der Waals surface area contributed by atoms with Crippen molar-refractivity contribution >= 4 is 9.24 Å². The first kappa shape index (κ1) is 9.73. The van der Waals surface area contributed by atoms with Crippen molar-refractivity contribution in [2.24, 2.45) is 5.41 Å². The van der Waals surface area contributed by atoms with Gasteiger partial charge in [0.1, 0.15) is 5.82 Å². The molecule has 1 aromatic rings. The third kappa shape index (κ3) is 1.54. The van der Waals surface area contributed by atoms with Crippen LogP contribution in [-0.2, 0) is 5.16 Å². The number of nitrogens with zero attached hydrogens (tertiary/aromatic N) is 1. The van der Waals surface area contributed by atoms with Crippen molar-refractivity contribution in [2.75, 3.05) is 0 Å². The van der Waals surface area contributed by atoms with Crippen molar-refractivity contribution in [3.05, 3.63) is 18.2 Å². The molecule has 2 atom stereocenters. The number of aromatic amines is 1. The zero-order valence-corrected chi connectivity index (χ0v) is 9.33. The highest BCUT2D eigenvalue weighted by Crippen LogP contribution is 2.44. The molecular weight excluding hydrogens is 167 g/mol. The molecule has 2 nitrogen and oxygen atoms in total. The van der Waals surface area contributed by atoms with Crippen molar-refractivity contribution in [1.29, 1.82) is 0 Å². The van der Waals surface area contributed by atoms with Crippen LogP contribution in [0, 0.1) is 5.41 Å². The Bertz CT molecular complexity index is 244. The summed E-state index contributed by atoms with van der Waals surface area (Å²) in [5.41, 5.74) is 0.190. The Morgan fingerprint density at radius 2 is 1.92 bits per heavy atom. The van der Waals surface area contributed by atoms with Gasteiger partial charge in [-0.1, -0.05) is 20.8 Å². The van der Waals surface area contributed by atoms with Crippen LogP contribution in [0.5, 0.6) is 0 Å². The van der Waals surface area contributed by atoms with Crippen LogP contribution in [-0.4, -0.2) is 9.97 Å². The van der Waals surface area contributed by atoms with Gasteiger partial charge in [-0.15, -0.1) is 9.24 Å².